The van der Waals surface area contributed by atoms with Crippen molar-refractivity contribution in [3.8, 4) is 0 Å². The summed E-state index contributed by atoms with van der Waals surface area (Å²) in [5.41, 5.74) is 1.81. The number of amides is 1. The summed E-state index contributed by atoms with van der Waals surface area (Å²) in [6.45, 7) is 6.42. The maximum Gasteiger partial charge on any atom is 0.414 e. The van der Waals surface area contributed by atoms with E-state index in [2.05, 4.69) is 28.7 Å². The molecule has 0 spiro atoms. The van der Waals surface area contributed by atoms with E-state index < -0.39 is 5.60 Å². The number of fused-ring (bicyclic) bond motifs is 1. The Hall–Kier alpha value is -0.780. The van der Waals surface area contributed by atoms with E-state index in [0.717, 1.165) is 25.1 Å². The van der Waals surface area contributed by atoms with Crippen LogP contribution in [0, 0.1) is 3.57 Å². The number of rotatable bonds is 0. The van der Waals surface area contributed by atoms with E-state index in [4.69, 9.17) is 4.74 Å². The highest BCUT2D eigenvalue weighted by molar-refractivity contribution is 14.1. The van der Waals surface area contributed by atoms with Gasteiger partial charge in [-0.3, -0.25) is 4.90 Å². The Bertz CT molecular complexity index is 465. The fraction of sp³-hybridized carbons (Fsp3) is 0.500. The molecule has 3 nitrogen and oxygen atoms in total. The van der Waals surface area contributed by atoms with Crippen LogP contribution in [0.15, 0.2) is 18.2 Å². The largest absolute Gasteiger partial charge is 0.443 e. The molecule has 1 aliphatic heterocycles. The third-order valence-corrected chi connectivity index (χ3v) is 3.82. The van der Waals surface area contributed by atoms with Crippen LogP contribution in [0.3, 0.4) is 0 Å². The van der Waals surface area contributed by atoms with Crippen molar-refractivity contribution < 1.29 is 9.53 Å². The fourth-order valence-electron chi connectivity index (χ4n) is 2.09. The van der Waals surface area contributed by atoms with Gasteiger partial charge >= 0.3 is 6.09 Å². The molecule has 4 heteroatoms. The number of hydrogen-bond donors (Lipinski definition) is 0. The highest BCUT2D eigenvalue weighted by atomic mass is 127. The molecule has 0 fully saturated rings. The highest BCUT2D eigenvalue weighted by Crippen LogP contribution is 2.31. The van der Waals surface area contributed by atoms with E-state index in [0.29, 0.717) is 0 Å². The van der Waals surface area contributed by atoms with Crippen LogP contribution in [0.5, 0.6) is 0 Å². The lowest BCUT2D eigenvalue weighted by atomic mass is 10.0. The van der Waals surface area contributed by atoms with Gasteiger partial charge in [0, 0.05) is 10.1 Å². The molecular weight excluding hydrogens is 341 g/mol. The van der Waals surface area contributed by atoms with E-state index in [1.807, 2.05) is 32.9 Å². The number of carbonyl (C=O) groups excluding carboxylic acids is 1. The van der Waals surface area contributed by atoms with Crippen molar-refractivity contribution in [2.24, 2.45) is 0 Å². The van der Waals surface area contributed by atoms with Gasteiger partial charge in [-0.15, -0.1) is 0 Å². The van der Waals surface area contributed by atoms with Crippen LogP contribution in [-0.2, 0) is 11.2 Å². The molecule has 1 aliphatic rings. The molecule has 1 amide bonds. The molecule has 0 saturated carbocycles. The molecule has 1 aromatic rings. The SMILES string of the molecule is CC(C)(C)OC(=O)N1CCCc2c(I)cccc21. The summed E-state index contributed by atoms with van der Waals surface area (Å²) in [5, 5.41) is 0. The maximum atomic E-state index is 12.2. The van der Waals surface area contributed by atoms with E-state index in [-0.39, 0.29) is 6.09 Å². The Balaban J connectivity index is 2.28. The maximum absolute atomic E-state index is 12.2. The second-order valence-corrected chi connectivity index (χ2v) is 6.64. The van der Waals surface area contributed by atoms with Crippen LogP contribution in [0.25, 0.3) is 0 Å². The third-order valence-electron chi connectivity index (χ3n) is 2.81. The van der Waals surface area contributed by atoms with Crippen LogP contribution < -0.4 is 4.90 Å². The molecule has 0 aromatic heterocycles. The Morgan fingerprint density at radius 1 is 1.39 bits per heavy atom. The Kier molecular flexibility index (Phi) is 3.84. The fourth-order valence-corrected chi connectivity index (χ4v) is 2.84. The summed E-state index contributed by atoms with van der Waals surface area (Å²) in [4.78, 5) is 13.9. The van der Waals surface area contributed by atoms with Crippen molar-refractivity contribution in [2.45, 2.75) is 39.2 Å². The van der Waals surface area contributed by atoms with Crippen LogP contribution in [0.2, 0.25) is 0 Å². The first-order valence-corrected chi connectivity index (χ1v) is 7.24. The molecule has 0 N–H and O–H groups in total. The quantitative estimate of drug-likeness (QED) is 0.656. The molecule has 0 bridgehead atoms. The molecule has 0 aliphatic carbocycles. The third kappa shape index (κ3) is 2.96. The average molecular weight is 359 g/mol. The first kappa shape index (κ1) is 13.6. The topological polar surface area (TPSA) is 29.5 Å². The normalized spacial score (nSPS) is 15.2. The number of carbonyl (C=O) groups is 1. The summed E-state index contributed by atoms with van der Waals surface area (Å²) in [5.74, 6) is 0. The number of halogens is 1. The summed E-state index contributed by atoms with van der Waals surface area (Å²) >= 11 is 2.33. The lowest BCUT2D eigenvalue weighted by molar-refractivity contribution is 0.0578. The molecular formula is C14H18INO2. The van der Waals surface area contributed by atoms with Gasteiger partial charge in [-0.25, -0.2) is 4.79 Å². The van der Waals surface area contributed by atoms with Gasteiger partial charge in [0.25, 0.3) is 0 Å². The van der Waals surface area contributed by atoms with Crippen molar-refractivity contribution in [1.29, 1.82) is 0 Å². The van der Waals surface area contributed by atoms with Gasteiger partial charge in [0.15, 0.2) is 0 Å². The lowest BCUT2D eigenvalue weighted by Gasteiger charge is -2.32. The first-order chi connectivity index (χ1) is 8.38. The Labute approximate surface area is 122 Å². The minimum Gasteiger partial charge on any atom is -0.443 e. The molecule has 0 unspecified atom stereocenters. The average Bonchev–Trinajstić information content (AvgIpc) is 2.26. The Morgan fingerprint density at radius 2 is 2.11 bits per heavy atom. The van der Waals surface area contributed by atoms with Gasteiger partial charge in [0.2, 0.25) is 0 Å². The number of nitrogens with zero attached hydrogens (tertiary/aromatic N) is 1. The summed E-state index contributed by atoms with van der Waals surface area (Å²) in [6.07, 6.45) is 1.78. The van der Waals surface area contributed by atoms with Gasteiger partial charge in [-0.2, -0.15) is 0 Å². The van der Waals surface area contributed by atoms with Gasteiger partial charge in [-0.1, -0.05) is 6.07 Å². The zero-order valence-electron chi connectivity index (χ0n) is 11.0. The molecule has 1 heterocycles. The van der Waals surface area contributed by atoms with E-state index >= 15 is 0 Å². The molecule has 0 radical (unpaired) electrons. The second-order valence-electron chi connectivity index (χ2n) is 5.47. The second kappa shape index (κ2) is 5.07. The summed E-state index contributed by atoms with van der Waals surface area (Å²) in [7, 11) is 0. The molecule has 0 atom stereocenters. The Morgan fingerprint density at radius 3 is 2.78 bits per heavy atom. The van der Waals surface area contributed by atoms with Gasteiger partial charge in [-0.05, 0) is 73.9 Å². The predicted octanol–water partition coefficient (Wildman–Crippen LogP) is 3.98. The van der Waals surface area contributed by atoms with Gasteiger partial charge in [0.05, 0.1) is 5.69 Å². The molecule has 98 valence electrons. The van der Waals surface area contributed by atoms with Gasteiger partial charge < -0.3 is 4.74 Å². The molecule has 1 aromatic carbocycles. The van der Waals surface area contributed by atoms with Crippen molar-refractivity contribution >= 4 is 34.4 Å². The molecule has 0 saturated heterocycles. The van der Waals surface area contributed by atoms with Crippen LogP contribution >= 0.6 is 22.6 Å². The monoisotopic (exact) mass is 359 g/mol. The zero-order valence-corrected chi connectivity index (χ0v) is 13.2. The number of ether oxygens (including phenoxy) is 1. The molecule has 18 heavy (non-hydrogen) atoms. The van der Waals surface area contributed by atoms with Crippen LogP contribution in [0.4, 0.5) is 10.5 Å². The minimum absolute atomic E-state index is 0.245. The van der Waals surface area contributed by atoms with Crippen LogP contribution in [0.1, 0.15) is 32.8 Å². The minimum atomic E-state index is -0.448. The van der Waals surface area contributed by atoms with Crippen molar-refractivity contribution in [3.63, 3.8) is 0 Å². The molecule has 2 rings (SSSR count). The number of anilines is 1. The zero-order chi connectivity index (χ0) is 13.3. The number of benzene rings is 1. The number of hydrogen-bond acceptors (Lipinski definition) is 2. The van der Waals surface area contributed by atoms with Crippen molar-refractivity contribution in [2.75, 3.05) is 11.4 Å². The predicted molar refractivity (Wildman–Crippen MR) is 81.1 cm³/mol. The van der Waals surface area contributed by atoms with Gasteiger partial charge in [0.1, 0.15) is 5.60 Å². The standard InChI is InChI=1S/C14H18INO2/c1-14(2,3)18-13(17)16-9-5-6-10-11(15)7-4-8-12(10)16/h4,7-8H,5-6,9H2,1-3H3. The lowest BCUT2D eigenvalue weighted by Crippen LogP contribution is -2.40. The smallest absolute Gasteiger partial charge is 0.414 e. The van der Waals surface area contributed by atoms with E-state index in [1.54, 1.807) is 4.90 Å². The summed E-state index contributed by atoms with van der Waals surface area (Å²) < 4.78 is 6.68. The summed E-state index contributed by atoms with van der Waals surface area (Å²) in [6, 6.07) is 6.07. The van der Waals surface area contributed by atoms with Crippen LogP contribution in [-0.4, -0.2) is 18.2 Å². The first-order valence-electron chi connectivity index (χ1n) is 6.16. The highest BCUT2D eigenvalue weighted by Gasteiger charge is 2.27. The van der Waals surface area contributed by atoms with E-state index in [1.165, 1.54) is 9.13 Å². The van der Waals surface area contributed by atoms with Crippen molar-refractivity contribution in [1.82, 2.24) is 0 Å². The van der Waals surface area contributed by atoms with Crippen molar-refractivity contribution in [3.05, 3.63) is 27.3 Å². The van der Waals surface area contributed by atoms with E-state index in [9.17, 15) is 4.79 Å².